The Kier molecular flexibility index (Phi) is 3.98. The van der Waals surface area contributed by atoms with Gasteiger partial charge >= 0.3 is 5.97 Å². The number of fused-ring (bicyclic) bond motifs is 2. The third kappa shape index (κ3) is 2.69. The van der Waals surface area contributed by atoms with Gasteiger partial charge in [-0.05, 0) is 55.8 Å². The fraction of sp³-hybridized carbons (Fsp3) is 0.588. The summed E-state index contributed by atoms with van der Waals surface area (Å²) >= 11 is 0. The molecule has 3 rings (SSSR count). The maximum atomic E-state index is 13.2. The molecule has 21 heavy (non-hydrogen) atoms. The van der Waals surface area contributed by atoms with E-state index in [9.17, 15) is 9.18 Å². The third-order valence-electron chi connectivity index (χ3n) is 5.36. The first-order chi connectivity index (χ1) is 10.1. The number of carbonyl (C=O) groups is 1. The number of hydrogen-bond donors (Lipinski definition) is 0. The molecule has 2 bridgehead atoms. The molecule has 0 spiro atoms. The van der Waals surface area contributed by atoms with Gasteiger partial charge in [-0.2, -0.15) is 0 Å². The summed E-state index contributed by atoms with van der Waals surface area (Å²) in [5.41, 5.74) is 1.15. The summed E-state index contributed by atoms with van der Waals surface area (Å²) in [7, 11) is 3.60. The topological polar surface area (TPSA) is 29.5 Å². The van der Waals surface area contributed by atoms with E-state index in [0.717, 1.165) is 18.4 Å². The number of rotatable bonds is 3. The summed E-state index contributed by atoms with van der Waals surface area (Å²) in [6, 6.07) is 7.79. The van der Waals surface area contributed by atoms with Gasteiger partial charge in [-0.1, -0.05) is 12.1 Å². The molecule has 4 atom stereocenters. The van der Waals surface area contributed by atoms with E-state index < -0.39 is 0 Å². The van der Waals surface area contributed by atoms with Crippen LogP contribution in [0.1, 0.15) is 37.2 Å². The van der Waals surface area contributed by atoms with Crippen LogP contribution in [0.4, 0.5) is 4.39 Å². The summed E-state index contributed by atoms with van der Waals surface area (Å²) in [4.78, 5) is 14.2. The van der Waals surface area contributed by atoms with Gasteiger partial charge in [0.1, 0.15) is 5.82 Å². The van der Waals surface area contributed by atoms with E-state index in [4.69, 9.17) is 4.74 Å². The predicted octanol–water partition coefficient (Wildman–Crippen LogP) is 2.96. The zero-order chi connectivity index (χ0) is 15.0. The van der Waals surface area contributed by atoms with E-state index in [0.29, 0.717) is 24.4 Å². The minimum absolute atomic E-state index is 0.147. The van der Waals surface area contributed by atoms with Crippen LogP contribution in [-0.2, 0) is 9.53 Å². The Hall–Kier alpha value is -1.42. The molecule has 4 unspecified atom stereocenters. The lowest BCUT2D eigenvalue weighted by Crippen LogP contribution is -2.46. The van der Waals surface area contributed by atoms with Crippen molar-refractivity contribution in [1.29, 1.82) is 0 Å². The lowest BCUT2D eigenvalue weighted by molar-refractivity contribution is -0.142. The highest BCUT2D eigenvalue weighted by atomic mass is 19.1. The van der Waals surface area contributed by atoms with Crippen molar-refractivity contribution in [3.8, 4) is 0 Å². The Balaban J connectivity index is 1.89. The molecule has 114 valence electrons. The van der Waals surface area contributed by atoms with E-state index >= 15 is 0 Å². The number of esters is 1. The minimum Gasteiger partial charge on any atom is -0.469 e. The number of benzene rings is 1. The SMILES string of the molecule is COC(=O)CC1C(c2ccc(F)cc2)CC2CCC1N2C. The minimum atomic E-state index is -0.209. The van der Waals surface area contributed by atoms with E-state index in [1.807, 2.05) is 12.1 Å². The predicted molar refractivity (Wildman–Crippen MR) is 78.5 cm³/mol. The lowest BCUT2D eigenvalue weighted by atomic mass is 9.74. The average molecular weight is 291 g/mol. The number of ether oxygens (including phenoxy) is 1. The van der Waals surface area contributed by atoms with Crippen molar-refractivity contribution in [3.63, 3.8) is 0 Å². The zero-order valence-corrected chi connectivity index (χ0v) is 12.6. The molecular weight excluding hydrogens is 269 g/mol. The number of halogens is 1. The Morgan fingerprint density at radius 3 is 2.71 bits per heavy atom. The zero-order valence-electron chi connectivity index (χ0n) is 12.6. The smallest absolute Gasteiger partial charge is 0.305 e. The Morgan fingerprint density at radius 2 is 2.05 bits per heavy atom. The van der Waals surface area contributed by atoms with Crippen molar-refractivity contribution >= 4 is 5.97 Å². The van der Waals surface area contributed by atoms with Crippen LogP contribution in [0.25, 0.3) is 0 Å². The molecule has 3 nitrogen and oxygen atoms in total. The van der Waals surface area contributed by atoms with Gasteiger partial charge in [0.15, 0.2) is 0 Å². The van der Waals surface area contributed by atoms with Gasteiger partial charge in [0, 0.05) is 12.1 Å². The van der Waals surface area contributed by atoms with E-state index in [1.165, 1.54) is 25.7 Å². The second-order valence-corrected chi connectivity index (χ2v) is 6.30. The van der Waals surface area contributed by atoms with Gasteiger partial charge in [-0.25, -0.2) is 4.39 Å². The van der Waals surface area contributed by atoms with E-state index in [-0.39, 0.29) is 17.7 Å². The number of methoxy groups -OCH3 is 1. The van der Waals surface area contributed by atoms with Crippen molar-refractivity contribution in [2.75, 3.05) is 14.2 Å². The van der Waals surface area contributed by atoms with Gasteiger partial charge in [0.05, 0.1) is 13.5 Å². The fourth-order valence-corrected chi connectivity index (χ4v) is 4.22. The molecule has 0 radical (unpaired) electrons. The second-order valence-electron chi connectivity index (χ2n) is 6.30. The maximum Gasteiger partial charge on any atom is 0.305 e. The molecule has 1 aromatic carbocycles. The van der Waals surface area contributed by atoms with Crippen LogP contribution in [0, 0.1) is 11.7 Å². The van der Waals surface area contributed by atoms with Crippen LogP contribution in [0.2, 0.25) is 0 Å². The summed E-state index contributed by atoms with van der Waals surface area (Å²) in [5.74, 6) is 0.218. The summed E-state index contributed by atoms with van der Waals surface area (Å²) < 4.78 is 18.0. The monoisotopic (exact) mass is 291 g/mol. The molecule has 0 aromatic heterocycles. The molecular formula is C17H22FNO2. The van der Waals surface area contributed by atoms with Gasteiger partial charge in [0.2, 0.25) is 0 Å². The van der Waals surface area contributed by atoms with Gasteiger partial charge in [-0.15, -0.1) is 0 Å². The van der Waals surface area contributed by atoms with Crippen LogP contribution in [-0.4, -0.2) is 37.1 Å². The van der Waals surface area contributed by atoms with Crippen LogP contribution in [0.15, 0.2) is 24.3 Å². The maximum absolute atomic E-state index is 13.2. The molecule has 0 saturated carbocycles. The van der Waals surface area contributed by atoms with Crippen molar-refractivity contribution in [1.82, 2.24) is 4.90 Å². The molecule has 2 aliphatic rings. The van der Waals surface area contributed by atoms with Crippen molar-refractivity contribution in [2.24, 2.45) is 5.92 Å². The van der Waals surface area contributed by atoms with Crippen LogP contribution in [0.3, 0.4) is 0 Å². The van der Waals surface area contributed by atoms with Crippen LogP contribution >= 0.6 is 0 Å². The highest BCUT2D eigenvalue weighted by Crippen LogP contribution is 2.47. The first-order valence-electron chi connectivity index (χ1n) is 7.64. The molecule has 1 aromatic rings. The molecule has 0 aliphatic carbocycles. The second kappa shape index (κ2) is 5.76. The highest BCUT2D eigenvalue weighted by molar-refractivity contribution is 5.69. The quantitative estimate of drug-likeness (QED) is 0.802. The van der Waals surface area contributed by atoms with E-state index in [2.05, 4.69) is 11.9 Å². The summed E-state index contributed by atoms with van der Waals surface area (Å²) in [5, 5.41) is 0. The molecule has 0 N–H and O–H groups in total. The normalized spacial score (nSPS) is 32.1. The van der Waals surface area contributed by atoms with Crippen molar-refractivity contribution in [3.05, 3.63) is 35.6 Å². The first kappa shape index (κ1) is 14.5. The van der Waals surface area contributed by atoms with E-state index in [1.54, 1.807) is 0 Å². The first-order valence-corrected chi connectivity index (χ1v) is 7.64. The Morgan fingerprint density at radius 1 is 1.33 bits per heavy atom. The van der Waals surface area contributed by atoms with Gasteiger partial charge in [-0.3, -0.25) is 4.79 Å². The summed E-state index contributed by atoms with van der Waals surface area (Å²) in [6.45, 7) is 0. The molecule has 2 aliphatic heterocycles. The van der Waals surface area contributed by atoms with Crippen molar-refractivity contribution < 1.29 is 13.9 Å². The molecule has 2 heterocycles. The molecule has 4 heteroatoms. The molecule has 0 amide bonds. The summed E-state index contributed by atoms with van der Waals surface area (Å²) in [6.07, 6.45) is 3.82. The van der Waals surface area contributed by atoms with Gasteiger partial charge < -0.3 is 9.64 Å². The average Bonchev–Trinajstić information content (AvgIpc) is 2.73. The number of carbonyl (C=O) groups excluding carboxylic acids is 1. The highest BCUT2D eigenvalue weighted by Gasteiger charge is 2.46. The number of nitrogens with zero attached hydrogens (tertiary/aromatic N) is 1. The van der Waals surface area contributed by atoms with Gasteiger partial charge in [0.25, 0.3) is 0 Å². The Labute approximate surface area is 125 Å². The number of hydrogen-bond acceptors (Lipinski definition) is 3. The number of piperidine rings is 1. The molecule has 2 saturated heterocycles. The largest absolute Gasteiger partial charge is 0.469 e. The van der Waals surface area contributed by atoms with Crippen molar-refractivity contribution in [2.45, 2.75) is 43.7 Å². The lowest BCUT2D eigenvalue weighted by Gasteiger charge is -2.43. The molecule has 2 fully saturated rings. The van der Waals surface area contributed by atoms with Crippen LogP contribution in [0.5, 0.6) is 0 Å². The fourth-order valence-electron chi connectivity index (χ4n) is 4.22. The third-order valence-corrected chi connectivity index (χ3v) is 5.36. The Bertz CT molecular complexity index is 516. The standard InChI is InChI=1S/C17H22FNO2/c1-19-13-7-8-16(19)15(10-17(20)21-2)14(9-13)11-3-5-12(18)6-4-11/h3-6,13-16H,7-10H2,1-2H3. The van der Waals surface area contributed by atoms with Crippen LogP contribution < -0.4 is 0 Å².